The lowest BCUT2D eigenvalue weighted by molar-refractivity contribution is 0.182. The summed E-state index contributed by atoms with van der Waals surface area (Å²) in [6.07, 6.45) is 48.0. The maximum atomic E-state index is 9.31. The van der Waals surface area contributed by atoms with Crippen molar-refractivity contribution in [1.29, 1.82) is 0 Å². The third-order valence-corrected chi connectivity index (χ3v) is 9.42. The number of rotatable bonds is 36. The molecule has 0 aromatic carbocycles. The van der Waals surface area contributed by atoms with Crippen molar-refractivity contribution in [3.8, 4) is 0 Å². The summed E-state index contributed by atoms with van der Waals surface area (Å²) in [5.74, 6) is 0. The average Bonchev–Trinajstić information content (AvgIpc) is 2.96. The van der Waals surface area contributed by atoms with E-state index in [4.69, 9.17) is 4.52 Å². The molecule has 1 unspecified atom stereocenters. The van der Waals surface area contributed by atoms with Crippen molar-refractivity contribution in [2.45, 2.75) is 238 Å². The molecule has 242 valence electrons. The van der Waals surface area contributed by atoms with E-state index < -0.39 is 0 Å². The van der Waals surface area contributed by atoms with Gasteiger partial charge in [0.2, 0.25) is 0 Å². The third-order valence-electron chi connectivity index (χ3n) is 8.98. The molecule has 0 heterocycles. The molecule has 0 aliphatic rings. The lowest BCUT2D eigenvalue weighted by atomic mass is 10.0. The monoisotopic (exact) mass is 585 g/mol. The van der Waals surface area contributed by atoms with Crippen LogP contribution in [0.15, 0.2) is 0 Å². The number of hydrogen-bond donors (Lipinski definition) is 1. The van der Waals surface area contributed by atoms with Crippen LogP contribution in [0.2, 0.25) is 0 Å². The molecule has 0 amide bonds. The van der Waals surface area contributed by atoms with Gasteiger partial charge in [-0.1, -0.05) is 219 Å². The van der Waals surface area contributed by atoms with E-state index in [2.05, 4.69) is 13.8 Å². The van der Waals surface area contributed by atoms with Gasteiger partial charge in [0.1, 0.15) is 0 Å². The van der Waals surface area contributed by atoms with Crippen molar-refractivity contribution in [1.82, 2.24) is 0 Å². The maximum Gasteiger partial charge on any atom is 0.152 e. The Morgan fingerprint density at radius 1 is 0.350 bits per heavy atom. The summed E-state index contributed by atoms with van der Waals surface area (Å²) >= 11 is 0. The second-order valence-electron chi connectivity index (χ2n) is 13.0. The average molecular weight is 585 g/mol. The first-order valence-electron chi connectivity index (χ1n) is 18.9. The Balaban J connectivity index is 3.35. The minimum absolute atomic E-state index is 0.293. The van der Waals surface area contributed by atoms with E-state index in [1.165, 1.54) is 205 Å². The topological polar surface area (TPSA) is 29.5 Å². The lowest BCUT2D eigenvalue weighted by Gasteiger charge is -2.16. The highest BCUT2D eigenvalue weighted by Crippen LogP contribution is 2.22. The van der Waals surface area contributed by atoms with E-state index in [1.54, 1.807) is 0 Å². The van der Waals surface area contributed by atoms with Crippen molar-refractivity contribution in [3.05, 3.63) is 0 Å². The van der Waals surface area contributed by atoms with E-state index in [0.717, 1.165) is 12.8 Å². The van der Waals surface area contributed by atoms with Crippen LogP contribution in [-0.4, -0.2) is 11.0 Å². The fraction of sp³-hybridized carbons (Fsp3) is 1.00. The predicted octanol–water partition coefficient (Wildman–Crippen LogP) is 14.2. The molecule has 0 saturated carbocycles. The molecule has 1 N–H and O–H groups in total. The molecule has 0 radical (unpaired) electrons. The third kappa shape index (κ3) is 34.6. The van der Waals surface area contributed by atoms with Crippen molar-refractivity contribution >= 4 is 9.03 Å². The Bertz CT molecular complexity index is 394. The van der Waals surface area contributed by atoms with Crippen LogP contribution in [0.5, 0.6) is 0 Å². The van der Waals surface area contributed by atoms with Gasteiger partial charge in [0.25, 0.3) is 0 Å². The summed E-state index contributed by atoms with van der Waals surface area (Å²) in [6.45, 7) is 4.60. The molecule has 0 aromatic heterocycles. The van der Waals surface area contributed by atoms with Crippen LogP contribution >= 0.6 is 9.03 Å². The minimum Gasteiger partial charge on any atom is -0.352 e. The van der Waals surface area contributed by atoms with E-state index in [9.17, 15) is 4.89 Å². The second kappa shape index (κ2) is 37.4. The van der Waals surface area contributed by atoms with E-state index in [1.807, 2.05) is 0 Å². The van der Waals surface area contributed by atoms with Gasteiger partial charge in [-0.05, 0) is 12.8 Å². The van der Waals surface area contributed by atoms with Gasteiger partial charge in [0, 0.05) is 0 Å². The van der Waals surface area contributed by atoms with Crippen LogP contribution in [0.1, 0.15) is 232 Å². The molecule has 2 nitrogen and oxygen atoms in total. The van der Waals surface area contributed by atoms with Crippen molar-refractivity contribution < 1.29 is 9.42 Å². The van der Waals surface area contributed by atoms with Gasteiger partial charge in [-0.25, -0.2) is 0 Å². The van der Waals surface area contributed by atoms with Gasteiger partial charge >= 0.3 is 0 Å². The molecule has 0 fully saturated rings. The van der Waals surface area contributed by atoms with Gasteiger partial charge in [-0.3, -0.25) is 0 Å². The number of hydrogen-bond acceptors (Lipinski definition) is 2. The zero-order chi connectivity index (χ0) is 29.0. The largest absolute Gasteiger partial charge is 0.352 e. The first kappa shape index (κ1) is 40.4. The normalized spacial score (nSPS) is 12.0. The van der Waals surface area contributed by atoms with Crippen LogP contribution in [0, 0.1) is 0 Å². The van der Waals surface area contributed by atoms with Crippen LogP contribution in [0.4, 0.5) is 0 Å². The zero-order valence-corrected chi connectivity index (χ0v) is 29.0. The summed E-state index contributed by atoms with van der Waals surface area (Å²) in [4.78, 5) is 9.31. The Morgan fingerprint density at radius 2 is 0.550 bits per heavy atom. The molecule has 1 atom stereocenters. The Labute approximate surface area is 256 Å². The zero-order valence-electron chi connectivity index (χ0n) is 28.0. The summed E-state index contributed by atoms with van der Waals surface area (Å²) in [7, 11) is -0.340. The van der Waals surface area contributed by atoms with Crippen LogP contribution in [-0.2, 0) is 4.52 Å². The SMILES string of the molecule is CCCCCCCCCCCCCCCCCCC(CCCCCCCCCCCCCCCCCC)OPO. The van der Waals surface area contributed by atoms with Gasteiger partial charge in [-0.2, -0.15) is 0 Å². The molecular formula is C37H77O2P. The first-order valence-corrected chi connectivity index (χ1v) is 19.7. The predicted molar refractivity (Wildman–Crippen MR) is 184 cm³/mol. The van der Waals surface area contributed by atoms with Gasteiger partial charge in [0.15, 0.2) is 9.03 Å². The molecule has 3 heteroatoms. The molecular weight excluding hydrogens is 507 g/mol. The quantitative estimate of drug-likeness (QED) is 0.0586. The highest BCUT2D eigenvalue weighted by molar-refractivity contribution is 7.25. The van der Waals surface area contributed by atoms with Crippen molar-refractivity contribution in [3.63, 3.8) is 0 Å². The summed E-state index contributed by atoms with van der Waals surface area (Å²) in [5.41, 5.74) is 0. The molecule has 0 aromatic rings. The lowest BCUT2D eigenvalue weighted by Crippen LogP contribution is -2.08. The molecule has 0 rings (SSSR count). The fourth-order valence-corrected chi connectivity index (χ4v) is 6.56. The van der Waals surface area contributed by atoms with Gasteiger partial charge < -0.3 is 9.42 Å². The molecule has 0 spiro atoms. The van der Waals surface area contributed by atoms with Gasteiger partial charge in [-0.15, -0.1) is 0 Å². The fourth-order valence-electron chi connectivity index (χ4n) is 6.18. The van der Waals surface area contributed by atoms with Crippen LogP contribution < -0.4 is 0 Å². The molecule has 0 saturated heterocycles. The number of unbranched alkanes of at least 4 members (excludes halogenated alkanes) is 30. The Kier molecular flexibility index (Phi) is 37.7. The smallest absolute Gasteiger partial charge is 0.152 e. The van der Waals surface area contributed by atoms with E-state index >= 15 is 0 Å². The highest BCUT2D eigenvalue weighted by Gasteiger charge is 2.08. The second-order valence-corrected chi connectivity index (χ2v) is 13.4. The molecule has 40 heavy (non-hydrogen) atoms. The molecule has 0 aliphatic carbocycles. The van der Waals surface area contributed by atoms with Crippen LogP contribution in [0.25, 0.3) is 0 Å². The Hall–Kier alpha value is 0.350. The van der Waals surface area contributed by atoms with Gasteiger partial charge in [0.05, 0.1) is 6.10 Å². The highest BCUT2D eigenvalue weighted by atomic mass is 31.1. The molecule has 0 bridgehead atoms. The minimum atomic E-state index is -0.340. The van der Waals surface area contributed by atoms with E-state index in [-0.39, 0.29) is 9.03 Å². The summed E-state index contributed by atoms with van der Waals surface area (Å²) in [5, 5.41) is 0. The van der Waals surface area contributed by atoms with Crippen molar-refractivity contribution in [2.24, 2.45) is 0 Å². The maximum absolute atomic E-state index is 9.31. The van der Waals surface area contributed by atoms with E-state index in [0.29, 0.717) is 6.10 Å². The van der Waals surface area contributed by atoms with Crippen LogP contribution in [0.3, 0.4) is 0 Å². The molecule has 0 aliphatic heterocycles. The summed E-state index contributed by atoms with van der Waals surface area (Å²) < 4.78 is 5.67. The Morgan fingerprint density at radius 3 is 0.750 bits per heavy atom. The van der Waals surface area contributed by atoms with Crippen molar-refractivity contribution in [2.75, 3.05) is 0 Å². The standard InChI is InChI=1S/C37H77O2P/c1-3-5-7-9-11-13-15-17-19-21-23-25-27-29-31-33-35-37(39-40-38)36-34-32-30-28-26-24-22-20-18-16-14-12-10-8-6-4-2/h37-38,40H,3-36H2,1-2H3. The first-order chi connectivity index (χ1) is 19.8. The summed E-state index contributed by atoms with van der Waals surface area (Å²) in [6, 6.07) is 0.